The third-order valence-electron chi connectivity index (χ3n) is 4.16. The smallest absolute Gasteiger partial charge is 0.232 e. The lowest BCUT2D eigenvalue weighted by Crippen LogP contribution is -2.34. The summed E-state index contributed by atoms with van der Waals surface area (Å²) >= 11 is 3.29. The molecule has 0 saturated heterocycles. The molecular formula is C17H16N2O2S3. The molecule has 3 aromatic rings. The molecule has 3 heterocycles. The van der Waals surface area contributed by atoms with Crippen LogP contribution in [0.4, 0.5) is 5.69 Å². The number of benzene rings is 1. The molecule has 24 heavy (non-hydrogen) atoms. The molecule has 1 aliphatic rings. The minimum atomic E-state index is -3.25. The monoisotopic (exact) mass is 376 g/mol. The molecule has 0 N–H and O–H groups in total. The van der Waals surface area contributed by atoms with E-state index < -0.39 is 10.0 Å². The summed E-state index contributed by atoms with van der Waals surface area (Å²) in [5.41, 5.74) is 4.98. The third kappa shape index (κ3) is 2.66. The van der Waals surface area contributed by atoms with Gasteiger partial charge in [0.1, 0.15) is 5.01 Å². The van der Waals surface area contributed by atoms with Crippen molar-refractivity contribution < 1.29 is 8.42 Å². The molecule has 0 amide bonds. The number of sulfonamides is 1. The first-order valence-corrected chi connectivity index (χ1v) is 11.2. The maximum atomic E-state index is 12.0. The minimum Gasteiger partial charge on any atom is -0.267 e. The van der Waals surface area contributed by atoms with Crippen molar-refractivity contribution in [2.45, 2.75) is 19.4 Å². The van der Waals surface area contributed by atoms with E-state index in [1.807, 2.05) is 24.4 Å². The number of anilines is 1. The number of thiophene rings is 1. The van der Waals surface area contributed by atoms with Crippen LogP contribution in [0.3, 0.4) is 0 Å². The van der Waals surface area contributed by atoms with Crippen LogP contribution < -0.4 is 4.31 Å². The lowest BCUT2D eigenvalue weighted by Gasteiger charge is -2.21. The van der Waals surface area contributed by atoms with Gasteiger partial charge in [0.05, 0.1) is 17.6 Å². The molecule has 0 fully saturated rings. The van der Waals surface area contributed by atoms with Gasteiger partial charge in [-0.2, -0.15) is 11.3 Å². The molecule has 0 radical (unpaired) electrons. The fraction of sp³-hybridized carbons (Fsp3) is 0.235. The largest absolute Gasteiger partial charge is 0.267 e. The standard InChI is InChI=1S/C17H16N2O2S3/c1-11-7-14-8-12(3-4-16(14)19(11)24(2,20)21)15-10-23-17(18-15)13-5-6-22-9-13/h3-6,8-11H,7H2,1-2H3. The van der Waals surface area contributed by atoms with E-state index in [1.54, 1.807) is 22.7 Å². The van der Waals surface area contributed by atoms with Gasteiger partial charge in [-0.25, -0.2) is 13.4 Å². The van der Waals surface area contributed by atoms with Crippen LogP contribution in [0.15, 0.2) is 40.4 Å². The zero-order valence-electron chi connectivity index (χ0n) is 13.3. The molecule has 4 rings (SSSR count). The zero-order valence-corrected chi connectivity index (χ0v) is 15.7. The van der Waals surface area contributed by atoms with Gasteiger partial charge in [0.15, 0.2) is 0 Å². The third-order valence-corrected chi connectivity index (χ3v) is 7.00. The van der Waals surface area contributed by atoms with Crippen molar-refractivity contribution in [3.05, 3.63) is 46.0 Å². The quantitative estimate of drug-likeness (QED) is 0.687. The van der Waals surface area contributed by atoms with E-state index in [9.17, 15) is 8.42 Å². The second-order valence-corrected chi connectivity index (χ2v) is 9.50. The molecule has 0 spiro atoms. The van der Waals surface area contributed by atoms with Crippen molar-refractivity contribution >= 4 is 38.4 Å². The van der Waals surface area contributed by atoms with E-state index >= 15 is 0 Å². The Balaban J connectivity index is 1.72. The van der Waals surface area contributed by atoms with E-state index in [1.165, 1.54) is 10.6 Å². The van der Waals surface area contributed by atoms with Crippen LogP contribution in [0.1, 0.15) is 12.5 Å². The molecule has 7 heteroatoms. The first-order chi connectivity index (χ1) is 11.4. The van der Waals surface area contributed by atoms with Crippen molar-refractivity contribution in [2.24, 2.45) is 0 Å². The first kappa shape index (κ1) is 15.8. The van der Waals surface area contributed by atoms with Crippen molar-refractivity contribution in [1.82, 2.24) is 4.98 Å². The van der Waals surface area contributed by atoms with Gasteiger partial charge in [-0.05, 0) is 42.5 Å². The predicted molar refractivity (Wildman–Crippen MR) is 101 cm³/mol. The summed E-state index contributed by atoms with van der Waals surface area (Å²) in [6.45, 7) is 1.94. The average Bonchev–Trinajstić information content (AvgIpc) is 3.23. The number of thiazole rings is 1. The maximum absolute atomic E-state index is 12.0. The predicted octanol–water partition coefficient (Wildman–Crippen LogP) is 4.25. The zero-order chi connectivity index (χ0) is 16.9. The Hall–Kier alpha value is -1.70. The summed E-state index contributed by atoms with van der Waals surface area (Å²) < 4.78 is 25.5. The number of hydrogen-bond donors (Lipinski definition) is 0. The van der Waals surface area contributed by atoms with Gasteiger partial charge in [-0.1, -0.05) is 6.07 Å². The lowest BCUT2D eigenvalue weighted by molar-refractivity contribution is 0.590. The Morgan fingerprint density at radius 2 is 2.04 bits per heavy atom. The van der Waals surface area contributed by atoms with Crippen molar-refractivity contribution in [2.75, 3.05) is 10.6 Å². The van der Waals surface area contributed by atoms with Crippen molar-refractivity contribution in [3.63, 3.8) is 0 Å². The van der Waals surface area contributed by atoms with Gasteiger partial charge in [0.2, 0.25) is 10.0 Å². The second kappa shape index (κ2) is 5.68. The van der Waals surface area contributed by atoms with Crippen molar-refractivity contribution in [1.29, 1.82) is 0 Å². The van der Waals surface area contributed by atoms with Crippen LogP contribution in [0.2, 0.25) is 0 Å². The fourth-order valence-corrected chi connectivity index (χ4v) is 6.00. The van der Waals surface area contributed by atoms with Gasteiger partial charge < -0.3 is 0 Å². The topological polar surface area (TPSA) is 50.3 Å². The van der Waals surface area contributed by atoms with Gasteiger partial charge >= 0.3 is 0 Å². The average molecular weight is 377 g/mol. The number of hydrogen-bond acceptors (Lipinski definition) is 5. The van der Waals surface area contributed by atoms with E-state index in [0.717, 1.165) is 39.5 Å². The van der Waals surface area contributed by atoms with Crippen LogP contribution in [-0.4, -0.2) is 25.7 Å². The maximum Gasteiger partial charge on any atom is 0.232 e. The summed E-state index contributed by atoms with van der Waals surface area (Å²) in [5, 5.41) is 7.21. The van der Waals surface area contributed by atoms with E-state index in [2.05, 4.69) is 22.9 Å². The van der Waals surface area contributed by atoms with Crippen LogP contribution in [0.5, 0.6) is 0 Å². The van der Waals surface area contributed by atoms with Gasteiger partial charge in [0, 0.05) is 27.9 Å². The summed E-state index contributed by atoms with van der Waals surface area (Å²) in [7, 11) is -3.25. The van der Waals surface area contributed by atoms with Gasteiger partial charge in [-0.15, -0.1) is 11.3 Å². The molecule has 1 aliphatic heterocycles. The van der Waals surface area contributed by atoms with E-state index in [0.29, 0.717) is 0 Å². The highest BCUT2D eigenvalue weighted by molar-refractivity contribution is 7.92. The summed E-state index contributed by atoms with van der Waals surface area (Å²) in [4.78, 5) is 4.73. The normalized spacial score (nSPS) is 17.2. The first-order valence-electron chi connectivity index (χ1n) is 7.54. The van der Waals surface area contributed by atoms with E-state index in [-0.39, 0.29) is 6.04 Å². The number of rotatable bonds is 3. The second-order valence-electron chi connectivity index (χ2n) is 6.01. The SMILES string of the molecule is CC1Cc2cc(-c3csc(-c4ccsc4)n3)ccc2N1S(C)(=O)=O. The highest BCUT2D eigenvalue weighted by atomic mass is 32.2. The molecule has 1 unspecified atom stereocenters. The molecule has 124 valence electrons. The molecule has 0 saturated carbocycles. The minimum absolute atomic E-state index is 0.0398. The summed E-state index contributed by atoms with van der Waals surface area (Å²) in [6.07, 6.45) is 2.00. The summed E-state index contributed by atoms with van der Waals surface area (Å²) in [6, 6.07) is 7.97. The Morgan fingerprint density at radius 1 is 1.21 bits per heavy atom. The van der Waals surface area contributed by atoms with Crippen LogP contribution in [0.25, 0.3) is 21.8 Å². The lowest BCUT2D eigenvalue weighted by atomic mass is 10.1. The molecule has 1 atom stereocenters. The van der Waals surface area contributed by atoms with Crippen LogP contribution >= 0.6 is 22.7 Å². The number of nitrogens with zero attached hydrogens (tertiary/aromatic N) is 2. The molecule has 4 nitrogen and oxygen atoms in total. The highest BCUT2D eigenvalue weighted by Gasteiger charge is 2.32. The molecule has 0 bridgehead atoms. The Morgan fingerprint density at radius 3 is 2.75 bits per heavy atom. The van der Waals surface area contributed by atoms with Crippen LogP contribution in [0, 0.1) is 0 Å². The number of fused-ring (bicyclic) bond motifs is 1. The Bertz CT molecular complexity index is 991. The van der Waals surface area contributed by atoms with Crippen molar-refractivity contribution in [3.8, 4) is 21.8 Å². The molecular weight excluding hydrogens is 360 g/mol. The summed E-state index contributed by atoms with van der Waals surface area (Å²) in [5.74, 6) is 0. The van der Waals surface area contributed by atoms with E-state index in [4.69, 9.17) is 4.98 Å². The molecule has 0 aliphatic carbocycles. The Labute approximate surface area is 149 Å². The molecule has 2 aromatic heterocycles. The fourth-order valence-electron chi connectivity index (χ4n) is 3.19. The Kier molecular flexibility index (Phi) is 3.74. The number of aromatic nitrogens is 1. The molecule has 1 aromatic carbocycles. The van der Waals surface area contributed by atoms with Gasteiger partial charge in [-0.3, -0.25) is 4.31 Å². The van der Waals surface area contributed by atoms with Crippen LogP contribution in [-0.2, 0) is 16.4 Å². The highest BCUT2D eigenvalue weighted by Crippen LogP contribution is 2.37. The van der Waals surface area contributed by atoms with Gasteiger partial charge in [0.25, 0.3) is 0 Å².